The molecule has 2 fully saturated rings. The van der Waals surface area contributed by atoms with Crippen molar-refractivity contribution >= 4 is 5.91 Å². The van der Waals surface area contributed by atoms with E-state index < -0.39 is 5.92 Å². The molecule has 2 N–H and O–H groups in total. The average Bonchev–Trinajstić information content (AvgIpc) is 2.40. The molecule has 1 amide bonds. The average molecular weight is 289 g/mol. The summed E-state index contributed by atoms with van der Waals surface area (Å²) in [5, 5.41) is 12.9. The second-order valence-electron chi connectivity index (χ2n) is 6.76. The van der Waals surface area contributed by atoms with Gasteiger partial charge < -0.3 is 10.4 Å². The fourth-order valence-corrected chi connectivity index (χ4v) is 3.32. The number of carbonyl (C=O) groups is 1. The van der Waals surface area contributed by atoms with Gasteiger partial charge in [-0.3, -0.25) is 4.79 Å². The molecule has 0 spiro atoms. The zero-order chi connectivity index (χ0) is 14.8. The van der Waals surface area contributed by atoms with E-state index in [2.05, 4.69) is 5.32 Å². The third-order valence-electron chi connectivity index (χ3n) is 5.03. The molecule has 0 radical (unpaired) electrons. The fourth-order valence-electron chi connectivity index (χ4n) is 3.32. The van der Waals surface area contributed by atoms with Crippen molar-refractivity contribution < 1.29 is 18.7 Å². The van der Waals surface area contributed by atoms with Crippen molar-refractivity contribution in [2.24, 2.45) is 11.3 Å². The predicted molar refractivity (Wildman–Crippen MR) is 72.5 cm³/mol. The Hall–Kier alpha value is -0.710. The van der Waals surface area contributed by atoms with Crippen LogP contribution in [0, 0.1) is 11.3 Å². The van der Waals surface area contributed by atoms with E-state index in [0.29, 0.717) is 6.54 Å². The molecule has 0 unspecified atom stereocenters. The van der Waals surface area contributed by atoms with Gasteiger partial charge in [0.25, 0.3) is 0 Å². The molecular formula is C15H25F2NO2. The number of rotatable bonds is 3. The number of hydrogen-bond acceptors (Lipinski definition) is 2. The Labute approximate surface area is 119 Å². The van der Waals surface area contributed by atoms with Crippen molar-refractivity contribution in [3.05, 3.63) is 0 Å². The number of hydrogen-bond donors (Lipinski definition) is 2. The second kappa shape index (κ2) is 5.96. The predicted octanol–water partition coefficient (Wildman–Crippen LogP) is 2.87. The van der Waals surface area contributed by atoms with Crippen molar-refractivity contribution in [3.63, 3.8) is 0 Å². The maximum Gasteiger partial charge on any atom is 0.248 e. The number of aliphatic hydroxyl groups excluding tert-OH is 1. The summed E-state index contributed by atoms with van der Waals surface area (Å²) in [4.78, 5) is 12.1. The second-order valence-corrected chi connectivity index (χ2v) is 6.76. The van der Waals surface area contributed by atoms with E-state index in [-0.39, 0.29) is 49.0 Å². The summed E-state index contributed by atoms with van der Waals surface area (Å²) in [6.07, 6.45) is 3.54. The summed E-state index contributed by atoms with van der Waals surface area (Å²) in [5.74, 6) is -3.01. The van der Waals surface area contributed by atoms with Crippen LogP contribution in [0.3, 0.4) is 0 Å². The van der Waals surface area contributed by atoms with Gasteiger partial charge in [0.15, 0.2) is 0 Å². The van der Waals surface area contributed by atoms with Crippen LogP contribution in [-0.2, 0) is 4.79 Å². The van der Waals surface area contributed by atoms with Gasteiger partial charge in [0.2, 0.25) is 11.8 Å². The van der Waals surface area contributed by atoms with Gasteiger partial charge in [-0.2, -0.15) is 0 Å². The van der Waals surface area contributed by atoms with Crippen molar-refractivity contribution in [1.29, 1.82) is 0 Å². The Morgan fingerprint density at radius 3 is 2.45 bits per heavy atom. The van der Waals surface area contributed by atoms with Crippen LogP contribution in [0.4, 0.5) is 8.78 Å². The van der Waals surface area contributed by atoms with Crippen molar-refractivity contribution in [1.82, 2.24) is 5.32 Å². The Bertz CT molecular complexity index is 352. The lowest BCUT2D eigenvalue weighted by atomic mass is 9.73. The summed E-state index contributed by atoms with van der Waals surface area (Å²) >= 11 is 0. The van der Waals surface area contributed by atoms with Crippen LogP contribution in [0.2, 0.25) is 0 Å². The SMILES string of the molecule is C[C@]1(CNC(=O)C2CCC(F)(F)CC2)CCCC[C@H]1O. The van der Waals surface area contributed by atoms with E-state index >= 15 is 0 Å². The van der Waals surface area contributed by atoms with Crippen molar-refractivity contribution in [2.75, 3.05) is 6.54 Å². The highest BCUT2D eigenvalue weighted by Crippen LogP contribution is 2.37. The number of aliphatic hydroxyl groups is 1. The van der Waals surface area contributed by atoms with Crippen LogP contribution in [0.15, 0.2) is 0 Å². The topological polar surface area (TPSA) is 49.3 Å². The molecule has 0 saturated heterocycles. The highest BCUT2D eigenvalue weighted by atomic mass is 19.3. The molecule has 0 heterocycles. The van der Waals surface area contributed by atoms with Crippen LogP contribution < -0.4 is 5.32 Å². The molecule has 2 rings (SSSR count). The Morgan fingerprint density at radius 1 is 1.20 bits per heavy atom. The highest BCUT2D eigenvalue weighted by molar-refractivity contribution is 5.78. The molecule has 0 aromatic heterocycles. The molecule has 0 bridgehead atoms. The molecule has 2 saturated carbocycles. The first-order chi connectivity index (χ1) is 9.32. The molecule has 2 aliphatic rings. The molecule has 20 heavy (non-hydrogen) atoms. The van der Waals surface area contributed by atoms with Crippen molar-refractivity contribution in [2.45, 2.75) is 70.3 Å². The normalized spacial score (nSPS) is 34.7. The number of nitrogens with one attached hydrogen (secondary N) is 1. The van der Waals surface area contributed by atoms with E-state index in [1.54, 1.807) is 0 Å². The van der Waals surface area contributed by atoms with Gasteiger partial charge in [-0.25, -0.2) is 8.78 Å². The smallest absolute Gasteiger partial charge is 0.248 e. The summed E-state index contributed by atoms with van der Waals surface area (Å²) in [6, 6.07) is 0. The van der Waals surface area contributed by atoms with E-state index in [1.165, 1.54) is 0 Å². The molecule has 3 nitrogen and oxygen atoms in total. The quantitative estimate of drug-likeness (QED) is 0.839. The summed E-state index contributed by atoms with van der Waals surface area (Å²) in [6.45, 7) is 2.44. The first-order valence-corrected chi connectivity index (χ1v) is 7.66. The summed E-state index contributed by atoms with van der Waals surface area (Å²) < 4.78 is 26.1. The number of carbonyl (C=O) groups excluding carboxylic acids is 1. The zero-order valence-electron chi connectivity index (χ0n) is 12.1. The van der Waals surface area contributed by atoms with Crippen molar-refractivity contribution in [3.8, 4) is 0 Å². The van der Waals surface area contributed by atoms with Gasteiger partial charge in [0.05, 0.1) is 6.10 Å². The third-order valence-corrected chi connectivity index (χ3v) is 5.03. The lowest BCUT2D eigenvalue weighted by Gasteiger charge is -2.39. The zero-order valence-corrected chi connectivity index (χ0v) is 12.1. The molecular weight excluding hydrogens is 264 g/mol. The molecule has 2 aliphatic carbocycles. The molecule has 116 valence electrons. The largest absolute Gasteiger partial charge is 0.392 e. The molecule has 0 aromatic carbocycles. The van der Waals surface area contributed by atoms with Crippen LogP contribution in [0.1, 0.15) is 58.3 Å². The lowest BCUT2D eigenvalue weighted by Crippen LogP contribution is -2.47. The summed E-state index contributed by atoms with van der Waals surface area (Å²) in [7, 11) is 0. The van der Waals surface area contributed by atoms with Gasteiger partial charge in [-0.1, -0.05) is 19.8 Å². The van der Waals surface area contributed by atoms with Gasteiger partial charge in [-0.15, -0.1) is 0 Å². The Balaban J connectivity index is 1.80. The van der Waals surface area contributed by atoms with E-state index in [9.17, 15) is 18.7 Å². The first kappa shape index (κ1) is 15.7. The minimum atomic E-state index is -2.59. The number of halogens is 2. The minimum Gasteiger partial charge on any atom is -0.392 e. The Morgan fingerprint density at radius 2 is 1.85 bits per heavy atom. The standard InChI is InChI=1S/C15H25F2NO2/c1-14(7-3-2-4-12(14)19)10-18-13(20)11-5-8-15(16,17)9-6-11/h11-12,19H,2-10H2,1H3,(H,18,20)/t12-,14-/m1/s1. The summed E-state index contributed by atoms with van der Waals surface area (Å²) in [5.41, 5.74) is -0.271. The van der Waals surface area contributed by atoms with Gasteiger partial charge in [-0.05, 0) is 25.7 Å². The molecule has 0 aliphatic heterocycles. The van der Waals surface area contributed by atoms with Crippen LogP contribution >= 0.6 is 0 Å². The van der Waals surface area contributed by atoms with Gasteiger partial charge in [0.1, 0.15) is 0 Å². The number of amides is 1. The molecule has 2 atom stereocenters. The minimum absolute atomic E-state index is 0.125. The van der Waals surface area contributed by atoms with Gasteiger partial charge in [0, 0.05) is 30.7 Å². The maximum atomic E-state index is 13.1. The Kier molecular flexibility index (Phi) is 4.67. The first-order valence-electron chi connectivity index (χ1n) is 7.66. The van der Waals surface area contributed by atoms with Crippen LogP contribution in [0.25, 0.3) is 0 Å². The highest BCUT2D eigenvalue weighted by Gasteiger charge is 2.39. The van der Waals surface area contributed by atoms with Crippen LogP contribution in [0.5, 0.6) is 0 Å². The molecule has 5 heteroatoms. The maximum absolute atomic E-state index is 13.1. The fraction of sp³-hybridized carbons (Fsp3) is 0.933. The molecule has 0 aromatic rings. The monoisotopic (exact) mass is 289 g/mol. The van der Waals surface area contributed by atoms with E-state index in [1.807, 2.05) is 6.92 Å². The van der Waals surface area contributed by atoms with E-state index in [4.69, 9.17) is 0 Å². The van der Waals surface area contributed by atoms with Crippen LogP contribution in [-0.4, -0.2) is 29.6 Å². The third kappa shape index (κ3) is 3.68. The lowest BCUT2D eigenvalue weighted by molar-refractivity contribution is -0.130. The number of alkyl halides is 2. The van der Waals surface area contributed by atoms with E-state index in [0.717, 1.165) is 25.7 Å². The van der Waals surface area contributed by atoms with Gasteiger partial charge >= 0.3 is 0 Å².